The lowest BCUT2D eigenvalue weighted by Crippen LogP contribution is -2.53. The Morgan fingerprint density at radius 1 is 1.12 bits per heavy atom. The van der Waals surface area contributed by atoms with Gasteiger partial charge in [-0.3, -0.25) is 0 Å². The Kier molecular flexibility index (Phi) is 4.22. The lowest BCUT2D eigenvalue weighted by Gasteiger charge is -2.44. The molecule has 2 fully saturated rings. The van der Waals surface area contributed by atoms with Gasteiger partial charge < -0.3 is 5.32 Å². The Morgan fingerprint density at radius 2 is 1.81 bits per heavy atom. The lowest BCUT2D eigenvalue weighted by atomic mass is 9.99. The second-order valence-corrected chi connectivity index (χ2v) is 5.63. The van der Waals surface area contributed by atoms with Gasteiger partial charge in [0.05, 0.1) is 0 Å². The van der Waals surface area contributed by atoms with E-state index in [0.717, 1.165) is 18.0 Å². The van der Waals surface area contributed by atoms with Gasteiger partial charge in [0.2, 0.25) is 0 Å². The standard InChI is InChI=1S/C13H27N3/c1-11-5-4-6-12(2)16(11)15-8-7-13(10-15)9-14-3/h11-14H,4-10H2,1-3H3. The first-order valence-corrected chi connectivity index (χ1v) is 6.90. The number of rotatable bonds is 3. The number of hydrazine groups is 1. The Balaban J connectivity index is 1.91. The molecule has 0 aromatic rings. The highest BCUT2D eigenvalue weighted by molar-refractivity contribution is 4.83. The van der Waals surface area contributed by atoms with E-state index >= 15 is 0 Å². The molecule has 16 heavy (non-hydrogen) atoms. The highest BCUT2D eigenvalue weighted by Crippen LogP contribution is 2.28. The van der Waals surface area contributed by atoms with Crippen LogP contribution in [-0.4, -0.2) is 48.8 Å². The normalized spacial score (nSPS) is 38.1. The van der Waals surface area contributed by atoms with Crippen LogP contribution in [0.3, 0.4) is 0 Å². The molecule has 3 unspecified atom stereocenters. The van der Waals surface area contributed by atoms with E-state index in [1.165, 1.54) is 45.3 Å². The van der Waals surface area contributed by atoms with E-state index in [-0.39, 0.29) is 0 Å². The molecule has 3 heteroatoms. The third-order valence-electron chi connectivity index (χ3n) is 4.23. The summed E-state index contributed by atoms with van der Waals surface area (Å²) in [5.41, 5.74) is 0. The molecule has 2 rings (SSSR count). The molecule has 2 heterocycles. The van der Waals surface area contributed by atoms with Crippen molar-refractivity contribution in [3.05, 3.63) is 0 Å². The van der Waals surface area contributed by atoms with E-state index in [0.29, 0.717) is 0 Å². The van der Waals surface area contributed by atoms with Gasteiger partial charge in [-0.25, -0.2) is 10.0 Å². The Hall–Kier alpha value is -0.120. The van der Waals surface area contributed by atoms with Crippen molar-refractivity contribution in [2.24, 2.45) is 5.92 Å². The summed E-state index contributed by atoms with van der Waals surface area (Å²) in [4.78, 5) is 0. The fourth-order valence-electron chi connectivity index (χ4n) is 3.44. The molecule has 94 valence electrons. The number of hydrogen-bond acceptors (Lipinski definition) is 3. The second kappa shape index (κ2) is 5.48. The lowest BCUT2D eigenvalue weighted by molar-refractivity contribution is -0.0913. The summed E-state index contributed by atoms with van der Waals surface area (Å²) in [5, 5.41) is 8.60. The van der Waals surface area contributed by atoms with Gasteiger partial charge in [0.15, 0.2) is 0 Å². The summed E-state index contributed by atoms with van der Waals surface area (Å²) in [6.07, 6.45) is 5.51. The molecule has 0 aromatic carbocycles. The second-order valence-electron chi connectivity index (χ2n) is 5.63. The van der Waals surface area contributed by atoms with Crippen LogP contribution in [0.5, 0.6) is 0 Å². The van der Waals surface area contributed by atoms with Gasteiger partial charge in [0.1, 0.15) is 0 Å². The zero-order valence-electron chi connectivity index (χ0n) is 11.1. The first kappa shape index (κ1) is 12.3. The molecule has 0 saturated carbocycles. The molecule has 0 amide bonds. The summed E-state index contributed by atoms with van der Waals surface area (Å²) >= 11 is 0. The quantitative estimate of drug-likeness (QED) is 0.789. The summed E-state index contributed by atoms with van der Waals surface area (Å²) in [5.74, 6) is 0.853. The average molecular weight is 225 g/mol. The van der Waals surface area contributed by atoms with Crippen LogP contribution in [0.4, 0.5) is 0 Å². The van der Waals surface area contributed by atoms with Crippen molar-refractivity contribution < 1.29 is 0 Å². The number of hydrogen-bond donors (Lipinski definition) is 1. The number of nitrogens with zero attached hydrogens (tertiary/aromatic N) is 2. The van der Waals surface area contributed by atoms with Gasteiger partial charge in [0.25, 0.3) is 0 Å². The van der Waals surface area contributed by atoms with E-state index in [9.17, 15) is 0 Å². The van der Waals surface area contributed by atoms with E-state index in [1.807, 2.05) is 0 Å². The van der Waals surface area contributed by atoms with E-state index < -0.39 is 0 Å². The molecule has 2 aliphatic heterocycles. The first-order valence-electron chi connectivity index (χ1n) is 6.90. The highest BCUT2D eigenvalue weighted by atomic mass is 15.7. The van der Waals surface area contributed by atoms with Gasteiger partial charge in [-0.05, 0) is 52.6 Å². The van der Waals surface area contributed by atoms with Gasteiger partial charge >= 0.3 is 0 Å². The summed E-state index contributed by atoms with van der Waals surface area (Å²) in [6, 6.07) is 1.49. The zero-order valence-corrected chi connectivity index (χ0v) is 11.1. The van der Waals surface area contributed by atoms with Crippen LogP contribution >= 0.6 is 0 Å². The van der Waals surface area contributed by atoms with Crippen molar-refractivity contribution in [2.75, 3.05) is 26.7 Å². The first-order chi connectivity index (χ1) is 7.72. The van der Waals surface area contributed by atoms with Gasteiger partial charge in [-0.15, -0.1) is 0 Å². The van der Waals surface area contributed by atoms with Gasteiger partial charge in [0, 0.05) is 25.2 Å². The van der Waals surface area contributed by atoms with Crippen LogP contribution in [0, 0.1) is 5.92 Å². The Bertz CT molecular complexity index is 209. The largest absolute Gasteiger partial charge is 0.319 e. The predicted molar refractivity (Wildman–Crippen MR) is 68.2 cm³/mol. The molecule has 0 spiro atoms. The molecule has 0 aliphatic carbocycles. The van der Waals surface area contributed by atoms with Crippen LogP contribution < -0.4 is 5.32 Å². The molecular formula is C13H27N3. The van der Waals surface area contributed by atoms with Crippen LogP contribution in [-0.2, 0) is 0 Å². The van der Waals surface area contributed by atoms with Crippen LogP contribution in [0.1, 0.15) is 39.5 Å². The SMILES string of the molecule is CNCC1CCN(N2C(C)CCCC2C)C1. The molecule has 0 bridgehead atoms. The smallest absolute Gasteiger partial charge is 0.0220 e. The molecular weight excluding hydrogens is 198 g/mol. The molecule has 0 radical (unpaired) electrons. The molecule has 2 aliphatic rings. The summed E-state index contributed by atoms with van der Waals surface area (Å²) in [6.45, 7) is 8.48. The third kappa shape index (κ3) is 2.58. The third-order valence-corrected chi connectivity index (χ3v) is 4.23. The highest BCUT2D eigenvalue weighted by Gasteiger charge is 2.33. The van der Waals surface area contributed by atoms with Crippen molar-refractivity contribution in [3.8, 4) is 0 Å². The van der Waals surface area contributed by atoms with Crippen molar-refractivity contribution in [1.29, 1.82) is 0 Å². The summed E-state index contributed by atoms with van der Waals surface area (Å²) in [7, 11) is 2.06. The van der Waals surface area contributed by atoms with Gasteiger partial charge in [-0.1, -0.05) is 6.42 Å². The predicted octanol–water partition coefficient (Wildman–Crippen LogP) is 1.71. The monoisotopic (exact) mass is 225 g/mol. The average Bonchev–Trinajstić information content (AvgIpc) is 2.67. The topological polar surface area (TPSA) is 18.5 Å². The molecule has 1 N–H and O–H groups in total. The van der Waals surface area contributed by atoms with E-state index in [2.05, 4.69) is 36.2 Å². The maximum absolute atomic E-state index is 3.31. The van der Waals surface area contributed by atoms with Crippen LogP contribution in [0.2, 0.25) is 0 Å². The minimum Gasteiger partial charge on any atom is -0.319 e. The van der Waals surface area contributed by atoms with E-state index in [4.69, 9.17) is 0 Å². The fraction of sp³-hybridized carbons (Fsp3) is 1.00. The molecule has 3 atom stereocenters. The minimum absolute atomic E-state index is 0.747. The molecule has 3 nitrogen and oxygen atoms in total. The van der Waals surface area contributed by atoms with Crippen molar-refractivity contribution >= 4 is 0 Å². The van der Waals surface area contributed by atoms with Crippen LogP contribution in [0.15, 0.2) is 0 Å². The van der Waals surface area contributed by atoms with E-state index in [1.54, 1.807) is 0 Å². The summed E-state index contributed by atoms with van der Waals surface area (Å²) < 4.78 is 0. The van der Waals surface area contributed by atoms with Crippen LogP contribution in [0.25, 0.3) is 0 Å². The zero-order chi connectivity index (χ0) is 11.5. The maximum atomic E-state index is 3.31. The van der Waals surface area contributed by atoms with Gasteiger partial charge in [-0.2, -0.15) is 0 Å². The number of nitrogens with one attached hydrogen (secondary N) is 1. The van der Waals surface area contributed by atoms with Crippen molar-refractivity contribution in [2.45, 2.75) is 51.6 Å². The molecule has 0 aromatic heterocycles. The fourth-order valence-corrected chi connectivity index (χ4v) is 3.44. The van der Waals surface area contributed by atoms with Crippen molar-refractivity contribution in [3.63, 3.8) is 0 Å². The number of piperidine rings is 1. The minimum atomic E-state index is 0.747. The maximum Gasteiger partial charge on any atom is 0.0220 e. The Labute approximate surface area is 100 Å². The van der Waals surface area contributed by atoms with Crippen molar-refractivity contribution in [1.82, 2.24) is 15.3 Å². The Morgan fingerprint density at radius 3 is 2.44 bits per heavy atom. The molecule has 2 saturated heterocycles.